The van der Waals surface area contributed by atoms with Gasteiger partial charge in [-0.25, -0.2) is 9.79 Å². The zero-order chi connectivity index (χ0) is 19.4. The average molecular weight is 390 g/mol. The Kier molecular flexibility index (Phi) is 6.55. The number of ether oxygens (including phenoxy) is 1. The number of hydrogen-bond donors (Lipinski definition) is 0. The first-order chi connectivity index (χ1) is 13.0. The lowest BCUT2D eigenvalue weighted by Gasteiger charge is -2.36. The van der Waals surface area contributed by atoms with Crippen molar-refractivity contribution in [2.45, 2.75) is 45.1 Å². The predicted molar refractivity (Wildman–Crippen MR) is 109 cm³/mol. The van der Waals surface area contributed by atoms with Gasteiger partial charge >= 0.3 is 5.97 Å². The molecule has 1 aliphatic carbocycles. The first-order valence-corrected chi connectivity index (χ1v) is 10.1. The van der Waals surface area contributed by atoms with Gasteiger partial charge in [-0.3, -0.25) is 9.69 Å². The minimum absolute atomic E-state index is 0.0629. The van der Waals surface area contributed by atoms with Crippen LogP contribution >= 0.6 is 12.2 Å². The third-order valence-electron chi connectivity index (χ3n) is 5.55. The number of carbonyl (C=O) groups excluding carboxylic acids is 2. The molecule has 0 saturated carbocycles. The lowest BCUT2D eigenvalue weighted by molar-refractivity contribution is -0.135. The molecule has 0 aromatic carbocycles. The van der Waals surface area contributed by atoms with E-state index in [1.54, 1.807) is 23.1 Å². The third kappa shape index (κ3) is 4.35. The van der Waals surface area contributed by atoms with Crippen LogP contribution in [-0.4, -0.2) is 65.3 Å². The molecule has 0 spiro atoms. The van der Waals surface area contributed by atoms with E-state index in [4.69, 9.17) is 17.0 Å². The van der Waals surface area contributed by atoms with E-state index in [0.717, 1.165) is 19.5 Å². The first kappa shape index (κ1) is 19.9. The number of hydrogen-bond acceptors (Lipinski definition) is 5. The van der Waals surface area contributed by atoms with E-state index in [2.05, 4.69) is 16.8 Å². The minimum Gasteiger partial charge on any atom is -0.465 e. The van der Waals surface area contributed by atoms with Gasteiger partial charge in [0, 0.05) is 19.1 Å². The Morgan fingerprint density at radius 2 is 2.19 bits per heavy atom. The van der Waals surface area contributed by atoms with Gasteiger partial charge in [0.2, 0.25) is 11.0 Å². The second kappa shape index (κ2) is 8.89. The summed E-state index contributed by atoms with van der Waals surface area (Å²) in [6, 6.07) is 0.663. The maximum Gasteiger partial charge on any atom is 0.337 e. The summed E-state index contributed by atoms with van der Waals surface area (Å²) in [4.78, 5) is 33.1. The SMILES string of the molecule is CCC1CCCCN1CCCN1C(=O)C2C=CC(C(=O)OC)=CC2=NC1=S. The summed E-state index contributed by atoms with van der Waals surface area (Å²) in [6.07, 6.45) is 10.8. The number of amides is 1. The molecule has 3 aliphatic rings. The van der Waals surface area contributed by atoms with Crippen LogP contribution in [0, 0.1) is 5.92 Å². The quantitative estimate of drug-likeness (QED) is 0.516. The van der Waals surface area contributed by atoms with Crippen molar-refractivity contribution < 1.29 is 14.3 Å². The Balaban J connectivity index is 1.62. The van der Waals surface area contributed by atoms with E-state index < -0.39 is 11.9 Å². The van der Waals surface area contributed by atoms with E-state index in [-0.39, 0.29) is 11.0 Å². The van der Waals surface area contributed by atoms with Crippen LogP contribution in [0.25, 0.3) is 0 Å². The molecule has 1 amide bonds. The minimum atomic E-state index is -0.469. The summed E-state index contributed by atoms with van der Waals surface area (Å²) >= 11 is 5.36. The standard InChI is InChI=1S/C20H27N3O3S/c1-3-15-7-4-5-10-22(15)11-6-12-23-18(24)16-9-8-14(19(25)26-2)13-17(16)21-20(23)27/h8-9,13,15-16H,3-7,10-12H2,1-2H3. The van der Waals surface area contributed by atoms with Crippen molar-refractivity contribution in [3.63, 3.8) is 0 Å². The van der Waals surface area contributed by atoms with Gasteiger partial charge in [0.15, 0.2) is 0 Å². The van der Waals surface area contributed by atoms with Crippen LogP contribution in [0.2, 0.25) is 0 Å². The Hall–Kier alpha value is -1.86. The smallest absolute Gasteiger partial charge is 0.337 e. The molecular weight excluding hydrogens is 362 g/mol. The maximum absolute atomic E-state index is 12.9. The molecule has 2 heterocycles. The molecule has 146 valence electrons. The normalized spacial score (nSPS) is 25.8. The Morgan fingerprint density at radius 3 is 2.93 bits per heavy atom. The van der Waals surface area contributed by atoms with E-state index in [0.29, 0.717) is 23.9 Å². The Morgan fingerprint density at radius 1 is 1.37 bits per heavy atom. The highest BCUT2D eigenvalue weighted by Crippen LogP contribution is 2.24. The molecule has 6 nitrogen and oxygen atoms in total. The molecule has 0 aromatic rings. The van der Waals surface area contributed by atoms with E-state index in [9.17, 15) is 9.59 Å². The van der Waals surface area contributed by atoms with Crippen LogP contribution in [0.3, 0.4) is 0 Å². The van der Waals surface area contributed by atoms with Crippen LogP contribution in [0.5, 0.6) is 0 Å². The zero-order valence-corrected chi connectivity index (χ0v) is 16.8. The van der Waals surface area contributed by atoms with Crippen molar-refractivity contribution >= 4 is 34.9 Å². The second-order valence-electron chi connectivity index (χ2n) is 7.18. The number of methoxy groups -OCH3 is 1. The van der Waals surface area contributed by atoms with Gasteiger partial charge in [-0.2, -0.15) is 0 Å². The summed E-state index contributed by atoms with van der Waals surface area (Å²) in [5, 5.41) is 0.285. The van der Waals surface area contributed by atoms with Gasteiger partial charge in [-0.1, -0.05) is 25.5 Å². The monoisotopic (exact) mass is 389 g/mol. The molecule has 0 bridgehead atoms. The van der Waals surface area contributed by atoms with Gasteiger partial charge in [0.1, 0.15) is 0 Å². The maximum atomic E-state index is 12.9. The van der Waals surface area contributed by atoms with Crippen molar-refractivity contribution in [3.8, 4) is 0 Å². The highest BCUT2D eigenvalue weighted by Gasteiger charge is 2.35. The largest absolute Gasteiger partial charge is 0.465 e. The van der Waals surface area contributed by atoms with Crippen LogP contribution in [-0.2, 0) is 14.3 Å². The predicted octanol–water partition coefficient (Wildman–Crippen LogP) is 2.49. The molecule has 2 aliphatic heterocycles. The zero-order valence-electron chi connectivity index (χ0n) is 16.0. The third-order valence-corrected chi connectivity index (χ3v) is 5.86. The number of likely N-dealkylation sites (tertiary alicyclic amines) is 1. The number of esters is 1. The van der Waals surface area contributed by atoms with Crippen molar-refractivity contribution in [3.05, 3.63) is 23.8 Å². The van der Waals surface area contributed by atoms with Crippen LogP contribution in [0.4, 0.5) is 0 Å². The molecular formula is C20H27N3O3S. The summed E-state index contributed by atoms with van der Waals surface area (Å²) in [5.74, 6) is -0.976. The number of aliphatic imine (C=N–C) groups is 1. The Labute approximate surface area is 165 Å². The fourth-order valence-electron chi connectivity index (χ4n) is 4.04. The molecule has 2 unspecified atom stereocenters. The number of allylic oxidation sites excluding steroid dienone is 1. The summed E-state index contributed by atoms with van der Waals surface area (Å²) in [7, 11) is 1.33. The van der Waals surface area contributed by atoms with Crippen LogP contribution in [0.1, 0.15) is 39.0 Å². The van der Waals surface area contributed by atoms with Crippen molar-refractivity contribution in [2.75, 3.05) is 26.7 Å². The van der Waals surface area contributed by atoms with Gasteiger partial charge in [-0.05, 0) is 50.5 Å². The molecule has 7 heteroatoms. The van der Waals surface area contributed by atoms with Gasteiger partial charge in [0.25, 0.3) is 0 Å². The molecule has 3 rings (SSSR count). The fraction of sp³-hybridized carbons (Fsp3) is 0.600. The molecule has 2 atom stereocenters. The van der Waals surface area contributed by atoms with Crippen molar-refractivity contribution in [1.29, 1.82) is 0 Å². The lowest BCUT2D eigenvalue weighted by atomic mass is 9.92. The molecule has 0 N–H and O–H groups in total. The topological polar surface area (TPSA) is 62.2 Å². The summed E-state index contributed by atoms with van der Waals surface area (Å²) in [6.45, 7) is 4.95. The summed E-state index contributed by atoms with van der Waals surface area (Å²) in [5.41, 5.74) is 0.901. The molecule has 0 radical (unpaired) electrons. The van der Waals surface area contributed by atoms with Crippen LogP contribution < -0.4 is 0 Å². The molecule has 27 heavy (non-hydrogen) atoms. The van der Waals surface area contributed by atoms with Gasteiger partial charge in [-0.15, -0.1) is 0 Å². The Bertz CT molecular complexity index is 713. The highest BCUT2D eigenvalue weighted by molar-refractivity contribution is 7.80. The fourth-order valence-corrected chi connectivity index (χ4v) is 4.33. The number of thiocarbonyl (C=S) groups is 1. The number of fused-ring (bicyclic) bond motifs is 1. The highest BCUT2D eigenvalue weighted by atomic mass is 32.1. The number of carbonyl (C=O) groups is 2. The lowest BCUT2D eigenvalue weighted by Crippen LogP contribution is -2.47. The molecule has 0 aromatic heterocycles. The number of rotatable bonds is 6. The van der Waals surface area contributed by atoms with Gasteiger partial charge in [0.05, 0.1) is 24.3 Å². The number of piperidine rings is 1. The second-order valence-corrected chi connectivity index (χ2v) is 7.55. The molecule has 1 fully saturated rings. The van der Waals surface area contributed by atoms with E-state index in [1.165, 1.54) is 32.8 Å². The number of nitrogens with zero attached hydrogens (tertiary/aromatic N) is 3. The molecule has 1 saturated heterocycles. The van der Waals surface area contributed by atoms with Crippen molar-refractivity contribution in [2.24, 2.45) is 10.9 Å². The first-order valence-electron chi connectivity index (χ1n) is 9.71. The van der Waals surface area contributed by atoms with E-state index >= 15 is 0 Å². The van der Waals surface area contributed by atoms with Gasteiger partial charge < -0.3 is 9.64 Å². The van der Waals surface area contributed by atoms with Crippen LogP contribution in [0.15, 0.2) is 28.8 Å². The average Bonchev–Trinajstić information content (AvgIpc) is 2.69. The summed E-state index contributed by atoms with van der Waals surface area (Å²) < 4.78 is 4.73. The van der Waals surface area contributed by atoms with Crippen molar-refractivity contribution in [1.82, 2.24) is 9.80 Å². The van der Waals surface area contributed by atoms with E-state index in [1.807, 2.05) is 0 Å².